The predicted octanol–water partition coefficient (Wildman–Crippen LogP) is 2.00. The molecule has 0 amide bonds. The van der Waals surface area contributed by atoms with Crippen molar-refractivity contribution in [3.63, 3.8) is 0 Å². The molecule has 0 fully saturated rings. The van der Waals surface area contributed by atoms with Crippen LogP contribution in [0.15, 0.2) is 30.3 Å². The average molecular weight is 150 g/mol. The van der Waals surface area contributed by atoms with E-state index in [4.69, 9.17) is 5.11 Å². The zero-order valence-electron chi connectivity index (χ0n) is 6.83. The predicted molar refractivity (Wildman–Crippen MR) is 46.4 cm³/mol. The van der Waals surface area contributed by atoms with Crippen molar-refractivity contribution >= 4 is 0 Å². The van der Waals surface area contributed by atoms with E-state index in [0.717, 1.165) is 12.8 Å². The van der Waals surface area contributed by atoms with Gasteiger partial charge in [0.25, 0.3) is 0 Å². The van der Waals surface area contributed by atoms with Gasteiger partial charge >= 0.3 is 0 Å². The molecular weight excluding hydrogens is 136 g/mol. The summed E-state index contributed by atoms with van der Waals surface area (Å²) in [4.78, 5) is 0. The number of aryl methyl sites for hydroxylation is 1. The lowest BCUT2D eigenvalue weighted by molar-refractivity contribution is 0.185. The Kier molecular flexibility index (Phi) is 3.12. The second-order valence-electron chi connectivity index (χ2n) is 2.87. The van der Waals surface area contributed by atoms with Gasteiger partial charge < -0.3 is 5.11 Å². The van der Waals surface area contributed by atoms with Crippen molar-refractivity contribution in [1.82, 2.24) is 0 Å². The summed E-state index contributed by atoms with van der Waals surface area (Å²) < 4.78 is 0. The van der Waals surface area contributed by atoms with Crippen LogP contribution in [-0.2, 0) is 6.42 Å². The van der Waals surface area contributed by atoms with Crippen LogP contribution in [-0.4, -0.2) is 11.2 Å². The Bertz CT molecular complexity index is 191. The van der Waals surface area contributed by atoms with Crippen molar-refractivity contribution in [2.75, 3.05) is 0 Å². The number of aliphatic hydroxyl groups excluding tert-OH is 1. The Balaban J connectivity index is 2.39. The number of hydrogen-bond acceptors (Lipinski definition) is 1. The smallest absolute Gasteiger partial charge is 0.0515 e. The van der Waals surface area contributed by atoms with Crippen LogP contribution in [0.2, 0.25) is 0 Å². The molecule has 1 aromatic rings. The summed E-state index contributed by atoms with van der Waals surface area (Å²) in [7, 11) is 0. The van der Waals surface area contributed by atoms with Gasteiger partial charge in [0.1, 0.15) is 0 Å². The van der Waals surface area contributed by atoms with Crippen LogP contribution in [0.3, 0.4) is 0 Å². The molecule has 60 valence electrons. The Morgan fingerprint density at radius 2 is 1.91 bits per heavy atom. The van der Waals surface area contributed by atoms with Crippen LogP contribution >= 0.6 is 0 Å². The van der Waals surface area contributed by atoms with E-state index in [2.05, 4.69) is 12.1 Å². The van der Waals surface area contributed by atoms with E-state index in [0.29, 0.717) is 0 Å². The largest absolute Gasteiger partial charge is 0.393 e. The molecule has 0 saturated heterocycles. The maximum Gasteiger partial charge on any atom is 0.0515 e. The highest BCUT2D eigenvalue weighted by atomic mass is 16.3. The highest BCUT2D eigenvalue weighted by Gasteiger charge is 1.95. The number of hydrogen-bond donors (Lipinski definition) is 1. The minimum absolute atomic E-state index is 0.185. The maximum absolute atomic E-state index is 9.01. The van der Waals surface area contributed by atoms with Crippen molar-refractivity contribution in [3.8, 4) is 0 Å². The second kappa shape index (κ2) is 4.14. The summed E-state index contributed by atoms with van der Waals surface area (Å²) in [6, 6.07) is 10.2. The van der Waals surface area contributed by atoms with Crippen LogP contribution < -0.4 is 0 Å². The molecule has 0 aliphatic carbocycles. The van der Waals surface area contributed by atoms with Gasteiger partial charge in [-0.15, -0.1) is 0 Å². The summed E-state index contributed by atoms with van der Waals surface area (Å²) in [5.41, 5.74) is 1.30. The molecule has 1 nitrogen and oxygen atoms in total. The first-order valence-corrected chi connectivity index (χ1v) is 4.01. The molecule has 1 atom stereocenters. The van der Waals surface area contributed by atoms with E-state index in [1.54, 1.807) is 0 Å². The van der Waals surface area contributed by atoms with Crippen LogP contribution in [0.4, 0.5) is 0 Å². The van der Waals surface area contributed by atoms with Crippen LogP contribution in [0.25, 0.3) is 0 Å². The van der Waals surface area contributed by atoms with E-state index < -0.39 is 0 Å². The van der Waals surface area contributed by atoms with Crippen molar-refractivity contribution in [3.05, 3.63) is 35.9 Å². The molecule has 0 bridgehead atoms. The topological polar surface area (TPSA) is 20.2 Å². The molecule has 0 aliphatic heterocycles. The van der Waals surface area contributed by atoms with Gasteiger partial charge in [0.05, 0.1) is 6.10 Å². The third-order valence-electron chi connectivity index (χ3n) is 1.69. The third kappa shape index (κ3) is 3.19. The van der Waals surface area contributed by atoms with Gasteiger partial charge in [-0.05, 0) is 25.3 Å². The lowest BCUT2D eigenvalue weighted by Gasteiger charge is -2.02. The quantitative estimate of drug-likeness (QED) is 0.698. The summed E-state index contributed by atoms with van der Waals surface area (Å²) in [6.07, 6.45) is 1.64. The fraction of sp³-hybridized carbons (Fsp3) is 0.400. The summed E-state index contributed by atoms with van der Waals surface area (Å²) in [5.74, 6) is 0. The van der Waals surface area contributed by atoms with Gasteiger partial charge in [-0.3, -0.25) is 0 Å². The first-order valence-electron chi connectivity index (χ1n) is 4.01. The minimum atomic E-state index is -0.185. The molecule has 1 N–H and O–H groups in total. The molecule has 11 heavy (non-hydrogen) atoms. The second-order valence-corrected chi connectivity index (χ2v) is 2.87. The first-order chi connectivity index (χ1) is 5.29. The Hall–Kier alpha value is -0.820. The molecule has 0 unspecified atom stereocenters. The normalized spacial score (nSPS) is 12.9. The fourth-order valence-corrected chi connectivity index (χ4v) is 1.02. The van der Waals surface area contributed by atoms with Crippen LogP contribution in [0.5, 0.6) is 0 Å². The lowest BCUT2D eigenvalue weighted by Crippen LogP contribution is -2.00. The average Bonchev–Trinajstić information content (AvgIpc) is 2.03. The molecule has 0 aromatic heterocycles. The molecule has 1 aromatic carbocycles. The molecular formula is C10H14O. The van der Waals surface area contributed by atoms with Gasteiger partial charge in [0.15, 0.2) is 0 Å². The fourth-order valence-electron chi connectivity index (χ4n) is 1.02. The maximum atomic E-state index is 9.01. The van der Waals surface area contributed by atoms with Crippen molar-refractivity contribution in [1.29, 1.82) is 0 Å². The van der Waals surface area contributed by atoms with E-state index in [-0.39, 0.29) is 6.10 Å². The third-order valence-corrected chi connectivity index (χ3v) is 1.69. The summed E-state index contributed by atoms with van der Waals surface area (Å²) in [5, 5.41) is 9.01. The van der Waals surface area contributed by atoms with Gasteiger partial charge in [-0.2, -0.15) is 0 Å². The number of benzene rings is 1. The molecule has 0 radical (unpaired) electrons. The highest BCUT2D eigenvalue weighted by molar-refractivity contribution is 5.14. The monoisotopic (exact) mass is 150 g/mol. The van der Waals surface area contributed by atoms with E-state index in [1.807, 2.05) is 25.1 Å². The Labute approximate surface area is 67.7 Å². The summed E-state index contributed by atoms with van der Waals surface area (Å²) in [6.45, 7) is 1.82. The molecule has 0 spiro atoms. The molecule has 0 heterocycles. The van der Waals surface area contributed by atoms with Crippen molar-refractivity contribution in [2.45, 2.75) is 25.9 Å². The van der Waals surface area contributed by atoms with E-state index in [1.165, 1.54) is 5.56 Å². The number of rotatable bonds is 3. The zero-order valence-corrected chi connectivity index (χ0v) is 6.83. The van der Waals surface area contributed by atoms with Crippen LogP contribution in [0, 0.1) is 0 Å². The van der Waals surface area contributed by atoms with Crippen LogP contribution in [0.1, 0.15) is 18.9 Å². The molecule has 0 saturated carbocycles. The first kappa shape index (κ1) is 8.28. The zero-order chi connectivity index (χ0) is 8.10. The summed E-state index contributed by atoms with van der Waals surface area (Å²) >= 11 is 0. The standard InChI is InChI=1S/C10H14O/c1-9(11)7-8-10-5-3-2-4-6-10/h2-6,9,11H,7-8H2,1H3/t9-/m0/s1. The highest BCUT2D eigenvalue weighted by Crippen LogP contribution is 2.03. The minimum Gasteiger partial charge on any atom is -0.393 e. The van der Waals surface area contributed by atoms with Gasteiger partial charge in [-0.1, -0.05) is 30.3 Å². The molecule has 0 aliphatic rings. The van der Waals surface area contributed by atoms with Gasteiger partial charge in [-0.25, -0.2) is 0 Å². The van der Waals surface area contributed by atoms with Gasteiger partial charge in [0, 0.05) is 0 Å². The molecule has 1 heteroatoms. The number of aliphatic hydroxyl groups is 1. The molecule has 1 rings (SSSR count). The van der Waals surface area contributed by atoms with Gasteiger partial charge in [0.2, 0.25) is 0 Å². The van der Waals surface area contributed by atoms with Crippen molar-refractivity contribution in [2.24, 2.45) is 0 Å². The Morgan fingerprint density at radius 1 is 1.27 bits per heavy atom. The SMILES string of the molecule is C[C@H](O)CCc1ccccc1. The Morgan fingerprint density at radius 3 is 2.45 bits per heavy atom. The van der Waals surface area contributed by atoms with E-state index in [9.17, 15) is 0 Å². The van der Waals surface area contributed by atoms with E-state index >= 15 is 0 Å². The lowest BCUT2D eigenvalue weighted by atomic mass is 10.1. The van der Waals surface area contributed by atoms with Crippen molar-refractivity contribution < 1.29 is 5.11 Å².